The number of carbonyl (C=O) groups excluding carboxylic acids is 1. The Bertz CT molecular complexity index is 930. The van der Waals surface area contributed by atoms with E-state index >= 15 is 0 Å². The van der Waals surface area contributed by atoms with E-state index < -0.39 is 5.97 Å². The van der Waals surface area contributed by atoms with Gasteiger partial charge in [-0.25, -0.2) is 4.79 Å². The van der Waals surface area contributed by atoms with Crippen molar-refractivity contribution in [2.24, 2.45) is 0 Å². The fourth-order valence-corrected chi connectivity index (χ4v) is 2.60. The van der Waals surface area contributed by atoms with Crippen LogP contribution in [-0.4, -0.2) is 22.6 Å². The van der Waals surface area contributed by atoms with Crippen molar-refractivity contribution in [3.8, 4) is 0 Å². The molecule has 0 unspecified atom stereocenters. The number of esters is 1. The zero-order valence-corrected chi connectivity index (χ0v) is 13.9. The first-order chi connectivity index (χ1) is 12.2. The van der Waals surface area contributed by atoms with E-state index in [1.807, 2.05) is 30.3 Å². The summed E-state index contributed by atoms with van der Waals surface area (Å²) in [7, 11) is 1.35. The third-order valence-corrected chi connectivity index (χ3v) is 3.90. The first-order valence-electron chi connectivity index (χ1n) is 7.91. The Morgan fingerprint density at radius 1 is 1.04 bits per heavy atom. The van der Waals surface area contributed by atoms with Crippen molar-refractivity contribution < 1.29 is 9.53 Å². The van der Waals surface area contributed by atoms with Gasteiger partial charge >= 0.3 is 5.97 Å². The molecule has 0 N–H and O–H groups in total. The molecule has 0 saturated carbocycles. The number of hydrogen-bond acceptors (Lipinski definition) is 4. The Morgan fingerprint density at radius 2 is 1.80 bits per heavy atom. The largest absolute Gasteiger partial charge is 0.465 e. The molecule has 1 aromatic carbocycles. The second-order valence-corrected chi connectivity index (χ2v) is 5.73. The van der Waals surface area contributed by atoms with Gasteiger partial charge in [0.25, 0.3) is 5.56 Å². The molecular formula is C20H18N2O3. The van der Waals surface area contributed by atoms with Gasteiger partial charge in [0.1, 0.15) is 0 Å². The van der Waals surface area contributed by atoms with Gasteiger partial charge in [-0.1, -0.05) is 30.3 Å². The SMILES string of the molecule is COC(=O)c1cncc(Cc2ccc(Cn3ccccc3=O)cc2)c1. The molecule has 3 aromatic rings. The van der Waals surface area contributed by atoms with Crippen LogP contribution >= 0.6 is 0 Å². The van der Waals surface area contributed by atoms with Crippen molar-refractivity contribution in [3.63, 3.8) is 0 Å². The molecule has 2 heterocycles. The lowest BCUT2D eigenvalue weighted by molar-refractivity contribution is 0.0600. The van der Waals surface area contributed by atoms with Crippen LogP contribution in [0, 0.1) is 0 Å². The molecule has 2 aromatic heterocycles. The van der Waals surface area contributed by atoms with Crippen molar-refractivity contribution in [1.82, 2.24) is 9.55 Å². The number of aromatic nitrogens is 2. The second-order valence-electron chi connectivity index (χ2n) is 5.73. The van der Waals surface area contributed by atoms with E-state index in [1.165, 1.54) is 13.3 Å². The molecule has 25 heavy (non-hydrogen) atoms. The number of methoxy groups -OCH3 is 1. The van der Waals surface area contributed by atoms with E-state index in [9.17, 15) is 9.59 Å². The fraction of sp³-hybridized carbons (Fsp3) is 0.150. The van der Waals surface area contributed by atoms with Gasteiger partial charge in [-0.05, 0) is 35.2 Å². The van der Waals surface area contributed by atoms with Crippen LogP contribution < -0.4 is 5.56 Å². The number of pyridine rings is 2. The van der Waals surface area contributed by atoms with Crippen molar-refractivity contribution in [2.45, 2.75) is 13.0 Å². The Morgan fingerprint density at radius 3 is 2.52 bits per heavy atom. The Labute approximate surface area is 145 Å². The first-order valence-corrected chi connectivity index (χ1v) is 7.91. The van der Waals surface area contributed by atoms with Gasteiger partial charge in [0.15, 0.2) is 0 Å². The lowest BCUT2D eigenvalue weighted by atomic mass is 10.0. The summed E-state index contributed by atoms with van der Waals surface area (Å²) in [5, 5.41) is 0. The minimum Gasteiger partial charge on any atom is -0.465 e. The average Bonchev–Trinajstić information content (AvgIpc) is 2.65. The third kappa shape index (κ3) is 4.20. The summed E-state index contributed by atoms with van der Waals surface area (Å²) in [4.78, 5) is 27.4. The zero-order valence-electron chi connectivity index (χ0n) is 13.9. The Kier molecular flexibility index (Phi) is 5.04. The number of carbonyl (C=O) groups is 1. The lowest BCUT2D eigenvalue weighted by Gasteiger charge is -2.07. The number of nitrogens with zero attached hydrogens (tertiary/aromatic N) is 2. The molecule has 5 nitrogen and oxygen atoms in total. The molecule has 0 amide bonds. The average molecular weight is 334 g/mol. The Hall–Kier alpha value is -3.21. The highest BCUT2D eigenvalue weighted by molar-refractivity contribution is 5.89. The molecule has 126 valence electrons. The van der Waals surface area contributed by atoms with Gasteiger partial charge in [0.05, 0.1) is 19.2 Å². The Balaban J connectivity index is 1.72. The van der Waals surface area contributed by atoms with Crippen LogP contribution in [0.5, 0.6) is 0 Å². The van der Waals surface area contributed by atoms with Crippen LogP contribution in [0.1, 0.15) is 27.0 Å². The molecule has 3 rings (SSSR count). The van der Waals surface area contributed by atoms with Gasteiger partial charge in [0, 0.05) is 24.7 Å². The second kappa shape index (κ2) is 7.57. The van der Waals surface area contributed by atoms with Crippen LogP contribution in [0.3, 0.4) is 0 Å². The molecule has 5 heteroatoms. The summed E-state index contributed by atoms with van der Waals surface area (Å²) in [6.45, 7) is 0.541. The van der Waals surface area contributed by atoms with Gasteiger partial charge in [-0.2, -0.15) is 0 Å². The maximum atomic E-state index is 11.8. The molecule has 0 aliphatic rings. The van der Waals surface area contributed by atoms with E-state index in [0.717, 1.165) is 16.7 Å². The summed E-state index contributed by atoms with van der Waals surface area (Å²) in [6, 6.07) is 15.0. The van der Waals surface area contributed by atoms with Gasteiger partial charge in [-0.3, -0.25) is 9.78 Å². The molecule has 0 spiro atoms. The van der Waals surface area contributed by atoms with Crippen LogP contribution in [0.25, 0.3) is 0 Å². The number of hydrogen-bond donors (Lipinski definition) is 0. The van der Waals surface area contributed by atoms with Crippen molar-refractivity contribution >= 4 is 5.97 Å². The smallest absolute Gasteiger partial charge is 0.339 e. The van der Waals surface area contributed by atoms with E-state index in [4.69, 9.17) is 4.74 Å². The van der Waals surface area contributed by atoms with Gasteiger partial charge in [-0.15, -0.1) is 0 Å². The molecule has 0 atom stereocenters. The quantitative estimate of drug-likeness (QED) is 0.673. The summed E-state index contributed by atoms with van der Waals surface area (Å²) in [5.41, 5.74) is 3.53. The van der Waals surface area contributed by atoms with Crippen molar-refractivity contribution in [3.05, 3.63) is 99.7 Å². The summed E-state index contributed by atoms with van der Waals surface area (Å²) < 4.78 is 6.38. The normalized spacial score (nSPS) is 10.4. The standard InChI is InChI=1S/C20H18N2O3/c1-25-20(24)18-11-17(12-21-13-18)10-15-5-7-16(8-6-15)14-22-9-3-2-4-19(22)23/h2-9,11-13H,10,14H2,1H3. The van der Waals surface area contributed by atoms with Crippen molar-refractivity contribution in [2.75, 3.05) is 7.11 Å². The van der Waals surface area contributed by atoms with E-state index in [1.54, 1.807) is 35.2 Å². The number of benzene rings is 1. The topological polar surface area (TPSA) is 61.2 Å². The van der Waals surface area contributed by atoms with E-state index in [2.05, 4.69) is 4.98 Å². The maximum absolute atomic E-state index is 11.8. The monoisotopic (exact) mass is 334 g/mol. The predicted molar refractivity (Wildman–Crippen MR) is 94.6 cm³/mol. The molecule has 0 radical (unpaired) electrons. The zero-order chi connectivity index (χ0) is 17.6. The highest BCUT2D eigenvalue weighted by atomic mass is 16.5. The van der Waals surface area contributed by atoms with Crippen LogP contribution in [0.15, 0.2) is 71.9 Å². The molecule has 0 saturated heterocycles. The number of rotatable bonds is 5. The molecule has 0 fully saturated rings. The van der Waals surface area contributed by atoms with Gasteiger partial charge in [0.2, 0.25) is 0 Å². The molecule has 0 bridgehead atoms. The van der Waals surface area contributed by atoms with Gasteiger partial charge < -0.3 is 9.30 Å². The minimum atomic E-state index is -0.391. The summed E-state index contributed by atoms with van der Waals surface area (Å²) >= 11 is 0. The minimum absolute atomic E-state index is 0.0164. The predicted octanol–water partition coefficient (Wildman–Crippen LogP) is 2.67. The van der Waals surface area contributed by atoms with Crippen LogP contribution in [0.4, 0.5) is 0 Å². The molecular weight excluding hydrogens is 316 g/mol. The first kappa shape index (κ1) is 16.6. The summed E-state index contributed by atoms with van der Waals surface area (Å²) in [6.07, 6.45) is 5.68. The lowest BCUT2D eigenvalue weighted by Crippen LogP contribution is -2.18. The molecule has 0 aliphatic carbocycles. The summed E-state index contributed by atoms with van der Waals surface area (Å²) in [5.74, 6) is -0.391. The highest BCUT2D eigenvalue weighted by Gasteiger charge is 2.07. The number of ether oxygens (including phenoxy) is 1. The van der Waals surface area contributed by atoms with E-state index in [-0.39, 0.29) is 5.56 Å². The van der Waals surface area contributed by atoms with Crippen LogP contribution in [0.2, 0.25) is 0 Å². The van der Waals surface area contributed by atoms with E-state index in [0.29, 0.717) is 18.5 Å². The molecule has 0 aliphatic heterocycles. The van der Waals surface area contributed by atoms with Crippen LogP contribution in [-0.2, 0) is 17.7 Å². The third-order valence-electron chi connectivity index (χ3n) is 3.90. The highest BCUT2D eigenvalue weighted by Crippen LogP contribution is 2.12. The fourth-order valence-electron chi connectivity index (χ4n) is 2.60. The maximum Gasteiger partial charge on any atom is 0.339 e. The van der Waals surface area contributed by atoms with Crippen molar-refractivity contribution in [1.29, 1.82) is 0 Å².